The van der Waals surface area contributed by atoms with Crippen molar-refractivity contribution in [3.63, 3.8) is 0 Å². The number of nitrogens with one attached hydrogen (secondary N) is 1. The van der Waals surface area contributed by atoms with Gasteiger partial charge in [0.05, 0.1) is 0 Å². The maximum atomic E-state index is 3.86. The monoisotopic (exact) mass is 359 g/mol. The predicted molar refractivity (Wildman–Crippen MR) is 112 cm³/mol. The van der Waals surface area contributed by atoms with Gasteiger partial charge in [0.15, 0.2) is 0 Å². The average Bonchev–Trinajstić information content (AvgIpc) is 3.13. The largest absolute Gasteiger partial charge is 0.313 e. The van der Waals surface area contributed by atoms with Crippen molar-refractivity contribution in [3.05, 3.63) is 0 Å². The van der Waals surface area contributed by atoms with Gasteiger partial charge in [-0.2, -0.15) is 0 Å². The molecule has 1 aliphatic heterocycles. The normalized spacial score (nSPS) is 48.9. The van der Waals surface area contributed by atoms with Crippen molar-refractivity contribution in [2.75, 3.05) is 6.54 Å². The number of fused-ring (bicyclic) bond motifs is 5. The van der Waals surface area contributed by atoms with Crippen LogP contribution in [0, 0.1) is 46.3 Å². The molecule has 1 heterocycles. The lowest BCUT2D eigenvalue weighted by Crippen LogP contribution is -2.54. The SMILES string of the molecule is CC(C)CCCC(C)C1CCC2C3CCC4NCC[C@]4(C)C3CC[C@]12C. The van der Waals surface area contributed by atoms with E-state index >= 15 is 0 Å². The van der Waals surface area contributed by atoms with Crippen LogP contribution in [0.15, 0.2) is 0 Å². The zero-order valence-electron chi connectivity index (χ0n) is 18.3. The molecule has 3 saturated carbocycles. The Balaban J connectivity index is 1.46. The molecule has 0 aromatic heterocycles. The van der Waals surface area contributed by atoms with Crippen LogP contribution in [0.2, 0.25) is 0 Å². The average molecular weight is 360 g/mol. The third-order valence-electron chi connectivity index (χ3n) is 10.1. The molecule has 1 saturated heterocycles. The van der Waals surface area contributed by atoms with E-state index in [1.54, 1.807) is 6.42 Å². The van der Waals surface area contributed by atoms with Crippen molar-refractivity contribution >= 4 is 0 Å². The fraction of sp³-hybridized carbons (Fsp3) is 1.00. The second kappa shape index (κ2) is 7.09. The zero-order valence-corrected chi connectivity index (χ0v) is 18.3. The molecule has 4 fully saturated rings. The van der Waals surface area contributed by atoms with Gasteiger partial charge in [-0.3, -0.25) is 0 Å². The van der Waals surface area contributed by atoms with Gasteiger partial charge in [-0.1, -0.05) is 53.9 Å². The molecule has 0 amide bonds. The van der Waals surface area contributed by atoms with Crippen LogP contribution in [0.1, 0.15) is 98.8 Å². The fourth-order valence-electron chi connectivity index (χ4n) is 8.69. The first-order valence-electron chi connectivity index (χ1n) is 12.1. The maximum absolute atomic E-state index is 3.86. The first-order chi connectivity index (χ1) is 12.4. The van der Waals surface area contributed by atoms with Crippen LogP contribution in [-0.2, 0) is 0 Å². The van der Waals surface area contributed by atoms with E-state index in [1.165, 1.54) is 64.3 Å². The summed E-state index contributed by atoms with van der Waals surface area (Å²) < 4.78 is 0. The van der Waals surface area contributed by atoms with E-state index in [0.29, 0.717) is 10.8 Å². The summed E-state index contributed by atoms with van der Waals surface area (Å²) in [7, 11) is 0. The fourth-order valence-corrected chi connectivity index (χ4v) is 8.69. The molecule has 0 aromatic carbocycles. The van der Waals surface area contributed by atoms with Gasteiger partial charge in [-0.25, -0.2) is 0 Å². The van der Waals surface area contributed by atoms with Crippen molar-refractivity contribution < 1.29 is 0 Å². The Morgan fingerprint density at radius 3 is 2.38 bits per heavy atom. The van der Waals surface area contributed by atoms with E-state index in [2.05, 4.69) is 39.9 Å². The third kappa shape index (κ3) is 2.99. The molecule has 0 aromatic rings. The Morgan fingerprint density at radius 1 is 0.846 bits per heavy atom. The molecule has 0 spiro atoms. The quantitative estimate of drug-likeness (QED) is 0.578. The summed E-state index contributed by atoms with van der Waals surface area (Å²) in [6.45, 7) is 14.0. The second-order valence-corrected chi connectivity index (χ2v) is 11.7. The van der Waals surface area contributed by atoms with Gasteiger partial charge in [-0.15, -0.1) is 0 Å². The molecule has 8 atom stereocenters. The minimum atomic E-state index is 0.616. The molecule has 6 unspecified atom stereocenters. The summed E-state index contributed by atoms with van der Waals surface area (Å²) in [5.41, 5.74) is 1.28. The molecule has 1 heteroatoms. The molecule has 4 rings (SSSR count). The van der Waals surface area contributed by atoms with Gasteiger partial charge in [0.2, 0.25) is 0 Å². The van der Waals surface area contributed by atoms with Crippen LogP contribution in [0.4, 0.5) is 0 Å². The van der Waals surface area contributed by atoms with E-state index in [1.807, 2.05) is 0 Å². The van der Waals surface area contributed by atoms with E-state index in [9.17, 15) is 0 Å². The van der Waals surface area contributed by atoms with Gasteiger partial charge in [0, 0.05) is 6.04 Å². The Morgan fingerprint density at radius 2 is 1.62 bits per heavy atom. The Bertz CT molecular complexity index is 498. The molecule has 1 N–H and O–H groups in total. The summed E-state index contributed by atoms with van der Waals surface area (Å²) in [5.74, 6) is 5.93. The van der Waals surface area contributed by atoms with E-state index < -0.39 is 0 Å². The topological polar surface area (TPSA) is 12.0 Å². The standard InChI is InChI=1S/C25H45N/c1-17(2)7-6-8-18(3)20-10-11-21-19-9-12-23-25(5,15-16-26-23)22(19)13-14-24(20,21)4/h17-23,26H,6-16H2,1-5H3/t18?,19?,20?,21?,22?,23?,24-,25-/m1/s1. The van der Waals surface area contributed by atoms with E-state index in [4.69, 9.17) is 0 Å². The molecule has 0 radical (unpaired) electrons. The molecule has 0 bridgehead atoms. The molecular weight excluding hydrogens is 314 g/mol. The van der Waals surface area contributed by atoms with Crippen LogP contribution in [0.3, 0.4) is 0 Å². The van der Waals surface area contributed by atoms with Crippen molar-refractivity contribution in [2.24, 2.45) is 46.3 Å². The molecule has 1 nitrogen and oxygen atoms in total. The molecule has 3 aliphatic carbocycles. The number of hydrogen-bond acceptors (Lipinski definition) is 1. The van der Waals surface area contributed by atoms with Gasteiger partial charge in [0.1, 0.15) is 0 Å². The van der Waals surface area contributed by atoms with E-state index in [0.717, 1.165) is 41.5 Å². The lowest BCUT2D eigenvalue weighted by atomic mass is 9.48. The second-order valence-electron chi connectivity index (χ2n) is 11.7. The minimum absolute atomic E-state index is 0.616. The van der Waals surface area contributed by atoms with Crippen LogP contribution in [-0.4, -0.2) is 12.6 Å². The first-order valence-corrected chi connectivity index (χ1v) is 12.1. The van der Waals surface area contributed by atoms with E-state index in [-0.39, 0.29) is 0 Å². The van der Waals surface area contributed by atoms with Crippen LogP contribution in [0.25, 0.3) is 0 Å². The highest BCUT2D eigenvalue weighted by Crippen LogP contribution is 2.66. The van der Waals surface area contributed by atoms with Crippen LogP contribution in [0.5, 0.6) is 0 Å². The lowest BCUT2D eigenvalue weighted by Gasteiger charge is -2.58. The minimum Gasteiger partial charge on any atom is -0.313 e. The van der Waals surface area contributed by atoms with Gasteiger partial charge < -0.3 is 5.32 Å². The maximum Gasteiger partial charge on any atom is 0.0124 e. The number of hydrogen-bond donors (Lipinski definition) is 1. The summed E-state index contributed by atoms with van der Waals surface area (Å²) in [4.78, 5) is 0. The van der Waals surface area contributed by atoms with Crippen molar-refractivity contribution in [3.8, 4) is 0 Å². The van der Waals surface area contributed by atoms with Gasteiger partial charge in [-0.05, 0) is 97.8 Å². The third-order valence-corrected chi connectivity index (χ3v) is 10.1. The van der Waals surface area contributed by atoms with Crippen molar-refractivity contribution in [1.82, 2.24) is 5.32 Å². The highest BCUT2D eigenvalue weighted by Gasteiger charge is 2.60. The molecule has 26 heavy (non-hydrogen) atoms. The summed E-state index contributed by atoms with van der Waals surface area (Å²) in [6, 6.07) is 0.834. The summed E-state index contributed by atoms with van der Waals surface area (Å²) >= 11 is 0. The summed E-state index contributed by atoms with van der Waals surface area (Å²) in [6.07, 6.45) is 14.9. The predicted octanol–water partition coefficient (Wildman–Crippen LogP) is 6.67. The highest BCUT2D eigenvalue weighted by atomic mass is 15.0. The van der Waals surface area contributed by atoms with Gasteiger partial charge >= 0.3 is 0 Å². The Labute approximate surface area is 163 Å². The van der Waals surface area contributed by atoms with Crippen molar-refractivity contribution in [2.45, 2.75) is 105 Å². The highest BCUT2D eigenvalue weighted by molar-refractivity contribution is 5.11. The van der Waals surface area contributed by atoms with Crippen molar-refractivity contribution in [1.29, 1.82) is 0 Å². The zero-order chi connectivity index (χ0) is 18.5. The first kappa shape index (κ1) is 19.3. The smallest absolute Gasteiger partial charge is 0.0124 e. The van der Waals surface area contributed by atoms with Crippen LogP contribution < -0.4 is 5.32 Å². The lowest BCUT2D eigenvalue weighted by molar-refractivity contribution is -0.0774. The molecular formula is C25H45N. The molecule has 4 aliphatic rings. The van der Waals surface area contributed by atoms with Gasteiger partial charge in [0.25, 0.3) is 0 Å². The Kier molecular flexibility index (Phi) is 5.26. The number of rotatable bonds is 5. The van der Waals surface area contributed by atoms with Crippen LogP contribution >= 0.6 is 0 Å². The Hall–Kier alpha value is -0.0400. The summed E-state index contributed by atoms with van der Waals surface area (Å²) in [5, 5.41) is 3.86. The molecule has 150 valence electrons.